The zero-order chi connectivity index (χ0) is 9.44. The molecule has 0 aromatic heterocycles. The normalized spacial score (nSPS) is 11.5. The summed E-state index contributed by atoms with van der Waals surface area (Å²) in [6.45, 7) is 14.3. The Hall–Kier alpha value is -0.460. The lowest BCUT2D eigenvalue weighted by Gasteiger charge is -2.25. The number of hydrogen-bond donors (Lipinski definition) is 0. The summed E-state index contributed by atoms with van der Waals surface area (Å²) >= 11 is 0. The molecule has 0 fully saturated rings. The molecule has 0 aromatic rings. The molecule has 1 heteroatoms. The van der Waals surface area contributed by atoms with E-state index in [1.807, 2.05) is 20.0 Å². The van der Waals surface area contributed by atoms with Gasteiger partial charge in [-0.15, -0.1) is 0 Å². The van der Waals surface area contributed by atoms with Crippen LogP contribution in [0.2, 0.25) is 0 Å². The Bertz CT molecular complexity index is 86.9. The van der Waals surface area contributed by atoms with Crippen molar-refractivity contribution in [3.63, 3.8) is 0 Å². The van der Waals surface area contributed by atoms with E-state index in [1.165, 1.54) is 0 Å². The predicted molar refractivity (Wildman–Crippen MR) is 53.6 cm³/mol. The van der Waals surface area contributed by atoms with Gasteiger partial charge in [-0.1, -0.05) is 34.3 Å². The maximum Gasteiger partial charge on any atom is 0.0275 e. The second-order valence-corrected chi connectivity index (χ2v) is 2.83. The second kappa shape index (κ2) is 7.64. The lowest BCUT2D eigenvalue weighted by Crippen LogP contribution is -2.28. The van der Waals surface area contributed by atoms with Gasteiger partial charge in [-0.25, -0.2) is 0 Å². The molecule has 0 radical (unpaired) electrons. The van der Waals surface area contributed by atoms with Crippen LogP contribution in [0, 0.1) is 5.92 Å². The van der Waals surface area contributed by atoms with Gasteiger partial charge in [0.05, 0.1) is 0 Å². The Kier molecular flexibility index (Phi) is 9.14. The molecule has 0 saturated heterocycles. The van der Waals surface area contributed by atoms with E-state index in [-0.39, 0.29) is 0 Å². The monoisotopic (exact) mass is 157 g/mol. The first-order valence-electron chi connectivity index (χ1n) is 4.44. The molecule has 0 heterocycles. The van der Waals surface area contributed by atoms with E-state index >= 15 is 0 Å². The molecule has 1 atom stereocenters. The molecule has 0 rings (SSSR count). The van der Waals surface area contributed by atoms with Gasteiger partial charge in [0, 0.05) is 13.1 Å². The highest BCUT2D eigenvalue weighted by Crippen LogP contribution is 2.06. The molecule has 0 bridgehead atoms. The van der Waals surface area contributed by atoms with Crippen molar-refractivity contribution in [2.24, 2.45) is 5.92 Å². The molecular formula is C10H23N. The maximum absolute atomic E-state index is 3.69. The fourth-order valence-corrected chi connectivity index (χ4v) is 0.637. The van der Waals surface area contributed by atoms with Crippen LogP contribution in [0.4, 0.5) is 0 Å². The van der Waals surface area contributed by atoms with Crippen molar-refractivity contribution >= 4 is 0 Å². The molecule has 0 aliphatic carbocycles. The highest BCUT2D eigenvalue weighted by atomic mass is 15.1. The lowest BCUT2D eigenvalue weighted by atomic mass is 10.1. The highest BCUT2D eigenvalue weighted by Gasteiger charge is 2.07. The van der Waals surface area contributed by atoms with Gasteiger partial charge in [0.1, 0.15) is 0 Å². The Morgan fingerprint density at radius 1 is 1.18 bits per heavy atom. The Morgan fingerprint density at radius 2 is 1.55 bits per heavy atom. The summed E-state index contributed by atoms with van der Waals surface area (Å²) < 4.78 is 0. The number of nitrogens with zero attached hydrogens (tertiary/aromatic N) is 1. The Morgan fingerprint density at radius 3 is 1.64 bits per heavy atom. The van der Waals surface area contributed by atoms with Crippen LogP contribution in [0.1, 0.15) is 34.6 Å². The summed E-state index contributed by atoms with van der Waals surface area (Å²) in [5.41, 5.74) is 0. The van der Waals surface area contributed by atoms with Crippen LogP contribution in [0.25, 0.3) is 0 Å². The number of rotatable bonds is 3. The second-order valence-electron chi connectivity index (χ2n) is 2.83. The van der Waals surface area contributed by atoms with Crippen molar-refractivity contribution in [3.05, 3.63) is 12.8 Å². The first kappa shape index (κ1) is 13.2. The first-order valence-corrected chi connectivity index (χ1v) is 4.44. The zero-order valence-corrected chi connectivity index (χ0v) is 8.89. The van der Waals surface area contributed by atoms with Gasteiger partial charge >= 0.3 is 0 Å². The average molecular weight is 157 g/mol. The van der Waals surface area contributed by atoms with Crippen molar-refractivity contribution in [1.29, 1.82) is 0 Å². The Balaban J connectivity index is 0. The molecule has 0 N–H and O–H groups in total. The molecular weight excluding hydrogens is 134 g/mol. The van der Waals surface area contributed by atoms with E-state index in [4.69, 9.17) is 0 Å². The fourth-order valence-electron chi connectivity index (χ4n) is 0.637. The van der Waals surface area contributed by atoms with E-state index in [2.05, 4.69) is 39.3 Å². The SMILES string of the molecule is C=CN(C)C(C)C(C)C.CC. The minimum atomic E-state index is 0.600. The quantitative estimate of drug-likeness (QED) is 0.608. The number of hydrogen-bond acceptors (Lipinski definition) is 1. The van der Waals surface area contributed by atoms with Crippen molar-refractivity contribution in [2.75, 3.05) is 7.05 Å². The molecule has 0 spiro atoms. The summed E-state index contributed by atoms with van der Waals surface area (Å²) in [4.78, 5) is 2.13. The zero-order valence-electron chi connectivity index (χ0n) is 8.89. The van der Waals surface area contributed by atoms with Gasteiger partial charge in [0.15, 0.2) is 0 Å². The molecule has 0 saturated carbocycles. The summed E-state index contributed by atoms with van der Waals surface area (Å²) in [6, 6.07) is 0.600. The van der Waals surface area contributed by atoms with E-state index < -0.39 is 0 Å². The van der Waals surface area contributed by atoms with Crippen molar-refractivity contribution in [1.82, 2.24) is 4.90 Å². The van der Waals surface area contributed by atoms with Gasteiger partial charge in [-0.2, -0.15) is 0 Å². The van der Waals surface area contributed by atoms with Gasteiger partial charge in [-0.3, -0.25) is 0 Å². The van der Waals surface area contributed by atoms with Crippen LogP contribution in [0.3, 0.4) is 0 Å². The smallest absolute Gasteiger partial charge is 0.0275 e. The van der Waals surface area contributed by atoms with Crippen molar-refractivity contribution in [2.45, 2.75) is 40.7 Å². The minimum absolute atomic E-state index is 0.600. The molecule has 0 aromatic carbocycles. The molecule has 0 amide bonds. The summed E-state index contributed by atoms with van der Waals surface area (Å²) in [7, 11) is 2.05. The third kappa shape index (κ3) is 5.96. The third-order valence-corrected chi connectivity index (χ3v) is 1.90. The molecule has 11 heavy (non-hydrogen) atoms. The molecule has 1 unspecified atom stereocenters. The van der Waals surface area contributed by atoms with E-state index in [0.29, 0.717) is 12.0 Å². The van der Waals surface area contributed by atoms with Crippen LogP contribution >= 0.6 is 0 Å². The topological polar surface area (TPSA) is 3.24 Å². The highest BCUT2D eigenvalue weighted by molar-refractivity contribution is 4.74. The summed E-state index contributed by atoms with van der Waals surface area (Å²) in [6.07, 6.45) is 1.87. The van der Waals surface area contributed by atoms with Crippen LogP contribution in [0.5, 0.6) is 0 Å². The summed E-state index contributed by atoms with van der Waals surface area (Å²) in [5.74, 6) is 0.702. The largest absolute Gasteiger partial charge is 0.378 e. The van der Waals surface area contributed by atoms with Crippen LogP contribution in [-0.2, 0) is 0 Å². The third-order valence-electron chi connectivity index (χ3n) is 1.90. The standard InChI is InChI=1S/C8H17N.C2H6/c1-6-9(5)8(4)7(2)3;1-2/h6-8H,1H2,2-5H3;1-2H3. The van der Waals surface area contributed by atoms with Crippen LogP contribution in [0.15, 0.2) is 12.8 Å². The van der Waals surface area contributed by atoms with Gasteiger partial charge in [0.2, 0.25) is 0 Å². The van der Waals surface area contributed by atoms with Crippen LogP contribution in [-0.4, -0.2) is 18.0 Å². The predicted octanol–water partition coefficient (Wildman–Crippen LogP) is 3.13. The Labute approximate surface area is 72.1 Å². The van der Waals surface area contributed by atoms with Crippen molar-refractivity contribution in [3.8, 4) is 0 Å². The van der Waals surface area contributed by atoms with Gasteiger partial charge in [-0.05, 0) is 19.0 Å². The first-order chi connectivity index (χ1) is 5.09. The van der Waals surface area contributed by atoms with E-state index in [1.54, 1.807) is 0 Å². The van der Waals surface area contributed by atoms with Crippen molar-refractivity contribution < 1.29 is 0 Å². The fraction of sp³-hybridized carbons (Fsp3) is 0.800. The van der Waals surface area contributed by atoms with Crippen LogP contribution < -0.4 is 0 Å². The maximum atomic E-state index is 3.69. The summed E-state index contributed by atoms with van der Waals surface area (Å²) in [5, 5.41) is 0. The minimum Gasteiger partial charge on any atom is -0.378 e. The molecule has 1 nitrogen and oxygen atoms in total. The molecule has 0 aliphatic rings. The molecule has 68 valence electrons. The van der Waals surface area contributed by atoms with Gasteiger partial charge < -0.3 is 4.90 Å². The lowest BCUT2D eigenvalue weighted by molar-refractivity contribution is 0.281. The molecule has 0 aliphatic heterocycles. The van der Waals surface area contributed by atoms with Gasteiger partial charge in [0.25, 0.3) is 0 Å². The van der Waals surface area contributed by atoms with E-state index in [0.717, 1.165) is 0 Å². The average Bonchev–Trinajstić information content (AvgIpc) is 2.05. The van der Waals surface area contributed by atoms with E-state index in [9.17, 15) is 0 Å².